The van der Waals surface area contributed by atoms with Gasteiger partial charge in [-0.25, -0.2) is 8.42 Å². The number of methoxy groups -OCH3 is 1. The fraction of sp³-hybridized carbons (Fsp3) is 0.211. The van der Waals surface area contributed by atoms with Gasteiger partial charge in [0.1, 0.15) is 16.5 Å². The highest BCUT2D eigenvalue weighted by Crippen LogP contribution is 2.24. The van der Waals surface area contributed by atoms with Gasteiger partial charge in [0.05, 0.1) is 12.0 Å². The Morgan fingerprint density at radius 2 is 1.82 bits per heavy atom. The fourth-order valence-corrected chi connectivity index (χ4v) is 4.46. The molecule has 28 heavy (non-hydrogen) atoms. The topological polar surface area (TPSA) is 98.2 Å². The van der Waals surface area contributed by atoms with Crippen molar-refractivity contribution in [3.63, 3.8) is 0 Å². The summed E-state index contributed by atoms with van der Waals surface area (Å²) in [4.78, 5) is 12.3. The maximum Gasteiger partial charge on any atom is 0.241 e. The van der Waals surface area contributed by atoms with Crippen molar-refractivity contribution in [2.75, 3.05) is 18.2 Å². The molecule has 0 bridgehead atoms. The van der Waals surface area contributed by atoms with Gasteiger partial charge in [-0.05, 0) is 25.1 Å². The minimum absolute atomic E-state index is 0.113. The second-order valence-electron chi connectivity index (χ2n) is 6.11. The molecule has 0 radical (unpaired) electrons. The van der Waals surface area contributed by atoms with Crippen molar-refractivity contribution in [2.45, 2.75) is 18.2 Å². The van der Waals surface area contributed by atoms with E-state index in [9.17, 15) is 13.2 Å². The standard InChI is InChI=1S/C19H19N3O4S2/c1-13-7-9-15(10-8-13)28(24,25)12-17(23)20-19-22-21-18(27-19)11-14-5-3-4-6-16(14)26-2/h3-10H,11-12H2,1-2H3,(H,20,22,23). The van der Waals surface area contributed by atoms with Gasteiger partial charge in [-0.1, -0.05) is 47.2 Å². The predicted molar refractivity (Wildman–Crippen MR) is 108 cm³/mol. The number of benzene rings is 2. The maximum atomic E-state index is 12.4. The molecule has 146 valence electrons. The molecule has 1 aromatic heterocycles. The zero-order valence-corrected chi connectivity index (χ0v) is 17.0. The van der Waals surface area contributed by atoms with Gasteiger partial charge in [-0.3, -0.25) is 10.1 Å². The summed E-state index contributed by atoms with van der Waals surface area (Å²) in [7, 11) is -2.12. The molecule has 9 heteroatoms. The zero-order chi connectivity index (χ0) is 20.1. The Hall–Kier alpha value is -2.78. The van der Waals surface area contributed by atoms with Crippen LogP contribution in [0.4, 0.5) is 5.13 Å². The molecule has 2 aromatic carbocycles. The number of sulfone groups is 1. The Bertz CT molecular complexity index is 1080. The Morgan fingerprint density at radius 3 is 2.54 bits per heavy atom. The number of ether oxygens (including phenoxy) is 1. The monoisotopic (exact) mass is 417 g/mol. The molecule has 1 N–H and O–H groups in total. The number of para-hydroxylation sites is 1. The quantitative estimate of drug-likeness (QED) is 0.635. The normalized spacial score (nSPS) is 11.2. The molecule has 0 saturated heterocycles. The van der Waals surface area contributed by atoms with Crippen molar-refractivity contribution < 1.29 is 17.9 Å². The molecule has 0 fully saturated rings. The lowest BCUT2D eigenvalue weighted by molar-refractivity contribution is -0.113. The third-order valence-electron chi connectivity index (χ3n) is 3.95. The first-order valence-corrected chi connectivity index (χ1v) is 10.9. The number of carbonyl (C=O) groups excluding carboxylic acids is 1. The van der Waals surface area contributed by atoms with Gasteiger partial charge in [0.15, 0.2) is 9.84 Å². The summed E-state index contributed by atoms with van der Waals surface area (Å²) in [6.45, 7) is 1.86. The van der Waals surface area contributed by atoms with Crippen LogP contribution >= 0.6 is 11.3 Å². The summed E-state index contributed by atoms with van der Waals surface area (Å²) < 4.78 is 30.0. The van der Waals surface area contributed by atoms with Gasteiger partial charge in [-0.2, -0.15) is 0 Å². The second kappa shape index (κ2) is 8.49. The van der Waals surface area contributed by atoms with E-state index in [2.05, 4.69) is 15.5 Å². The van der Waals surface area contributed by atoms with Crippen LogP contribution in [0, 0.1) is 6.92 Å². The first-order chi connectivity index (χ1) is 13.4. The number of nitrogens with zero attached hydrogens (tertiary/aromatic N) is 2. The van der Waals surface area contributed by atoms with E-state index in [0.717, 1.165) is 16.9 Å². The van der Waals surface area contributed by atoms with E-state index in [1.54, 1.807) is 19.2 Å². The lowest BCUT2D eigenvalue weighted by Crippen LogP contribution is -2.23. The van der Waals surface area contributed by atoms with Gasteiger partial charge in [0, 0.05) is 12.0 Å². The Balaban J connectivity index is 1.64. The molecule has 3 rings (SSSR count). The minimum Gasteiger partial charge on any atom is -0.496 e. The van der Waals surface area contributed by atoms with E-state index in [4.69, 9.17) is 4.74 Å². The van der Waals surface area contributed by atoms with E-state index >= 15 is 0 Å². The first kappa shape index (κ1) is 20.0. The van der Waals surface area contributed by atoms with Crippen LogP contribution < -0.4 is 10.1 Å². The van der Waals surface area contributed by atoms with Crippen LogP contribution in [0.3, 0.4) is 0 Å². The van der Waals surface area contributed by atoms with E-state index < -0.39 is 21.5 Å². The molecule has 0 aliphatic heterocycles. The van der Waals surface area contributed by atoms with E-state index in [0.29, 0.717) is 11.4 Å². The molecular weight excluding hydrogens is 398 g/mol. The average Bonchev–Trinajstić information content (AvgIpc) is 3.08. The smallest absolute Gasteiger partial charge is 0.241 e. The summed E-state index contributed by atoms with van der Waals surface area (Å²) in [5.74, 6) is -0.564. The molecule has 7 nitrogen and oxygen atoms in total. The summed E-state index contributed by atoms with van der Waals surface area (Å²) in [6.07, 6.45) is 0.499. The first-order valence-electron chi connectivity index (χ1n) is 8.41. The number of hydrogen-bond acceptors (Lipinski definition) is 7. The van der Waals surface area contributed by atoms with Gasteiger partial charge in [0.2, 0.25) is 11.0 Å². The number of anilines is 1. The van der Waals surface area contributed by atoms with Crippen LogP contribution in [0.15, 0.2) is 53.4 Å². The number of carbonyl (C=O) groups is 1. The number of rotatable bonds is 7. The van der Waals surface area contributed by atoms with Crippen molar-refractivity contribution in [2.24, 2.45) is 0 Å². The number of nitrogens with one attached hydrogen (secondary N) is 1. The lowest BCUT2D eigenvalue weighted by Gasteiger charge is -2.05. The number of aromatic nitrogens is 2. The molecule has 1 heterocycles. The van der Waals surface area contributed by atoms with Crippen LogP contribution in [0.5, 0.6) is 5.75 Å². The summed E-state index contributed by atoms with van der Waals surface area (Å²) >= 11 is 1.19. The third-order valence-corrected chi connectivity index (χ3v) is 6.42. The Kier molecular flexibility index (Phi) is 6.05. The van der Waals surface area contributed by atoms with Crippen LogP contribution in [0.25, 0.3) is 0 Å². The molecule has 0 aliphatic carbocycles. The fourth-order valence-electron chi connectivity index (χ4n) is 2.54. The van der Waals surface area contributed by atoms with Crippen molar-refractivity contribution in [3.05, 3.63) is 64.7 Å². The number of amides is 1. The highest BCUT2D eigenvalue weighted by Gasteiger charge is 2.20. The maximum absolute atomic E-state index is 12.4. The summed E-state index contributed by atoms with van der Waals surface area (Å²) in [5.41, 5.74) is 1.89. The molecule has 0 atom stereocenters. The molecule has 0 unspecified atom stereocenters. The van der Waals surface area contributed by atoms with Gasteiger partial charge < -0.3 is 4.74 Å². The van der Waals surface area contributed by atoms with E-state index in [-0.39, 0.29) is 10.0 Å². The van der Waals surface area contributed by atoms with Crippen molar-refractivity contribution in [3.8, 4) is 5.75 Å². The zero-order valence-electron chi connectivity index (χ0n) is 15.4. The summed E-state index contributed by atoms with van der Waals surface area (Å²) in [6, 6.07) is 13.9. The molecule has 0 aliphatic rings. The van der Waals surface area contributed by atoms with Crippen LogP contribution in [0.2, 0.25) is 0 Å². The third kappa shape index (κ3) is 4.93. The van der Waals surface area contributed by atoms with Crippen molar-refractivity contribution in [1.82, 2.24) is 10.2 Å². The number of hydrogen-bond donors (Lipinski definition) is 1. The highest BCUT2D eigenvalue weighted by atomic mass is 32.2. The Morgan fingerprint density at radius 1 is 1.11 bits per heavy atom. The molecule has 3 aromatic rings. The van der Waals surface area contributed by atoms with Gasteiger partial charge in [0.25, 0.3) is 0 Å². The van der Waals surface area contributed by atoms with Crippen molar-refractivity contribution in [1.29, 1.82) is 0 Å². The Labute approximate surface area is 167 Å². The largest absolute Gasteiger partial charge is 0.496 e. The average molecular weight is 418 g/mol. The molecule has 1 amide bonds. The van der Waals surface area contributed by atoms with Crippen molar-refractivity contribution >= 4 is 32.2 Å². The predicted octanol–water partition coefficient (Wildman–Crippen LogP) is 2.86. The number of aryl methyl sites for hydroxylation is 1. The minimum atomic E-state index is -3.72. The van der Waals surface area contributed by atoms with E-state index in [1.165, 1.54) is 23.5 Å². The van der Waals surface area contributed by atoms with Crippen LogP contribution in [-0.4, -0.2) is 37.4 Å². The second-order valence-corrected chi connectivity index (χ2v) is 9.16. The van der Waals surface area contributed by atoms with Gasteiger partial charge >= 0.3 is 0 Å². The summed E-state index contributed by atoms with van der Waals surface area (Å²) in [5, 5.41) is 11.4. The molecule has 0 saturated carbocycles. The lowest BCUT2D eigenvalue weighted by atomic mass is 10.1. The highest BCUT2D eigenvalue weighted by molar-refractivity contribution is 7.92. The SMILES string of the molecule is COc1ccccc1Cc1nnc(NC(=O)CS(=O)(=O)c2ccc(C)cc2)s1. The van der Waals surface area contributed by atoms with Crippen LogP contribution in [-0.2, 0) is 21.1 Å². The molecule has 0 spiro atoms. The van der Waals surface area contributed by atoms with Crippen LogP contribution in [0.1, 0.15) is 16.1 Å². The van der Waals surface area contributed by atoms with E-state index in [1.807, 2.05) is 31.2 Å². The molecular formula is C19H19N3O4S2. The van der Waals surface area contributed by atoms with Gasteiger partial charge in [-0.15, -0.1) is 10.2 Å².